The summed E-state index contributed by atoms with van der Waals surface area (Å²) in [6.45, 7) is 1.02. The van der Waals surface area contributed by atoms with Crippen LogP contribution in [0.2, 0.25) is 5.02 Å². The molecular formula is C13H18Cl2N2O3S. The van der Waals surface area contributed by atoms with E-state index >= 15 is 0 Å². The molecule has 1 aromatic carbocycles. The van der Waals surface area contributed by atoms with Gasteiger partial charge >= 0.3 is 0 Å². The highest BCUT2D eigenvalue weighted by Gasteiger charge is 2.48. The van der Waals surface area contributed by atoms with Crippen molar-refractivity contribution in [1.82, 2.24) is 5.32 Å². The molecule has 1 fully saturated rings. The minimum Gasteiger partial charge on any atom is -0.325 e. The van der Waals surface area contributed by atoms with Gasteiger partial charge in [0, 0.05) is 17.0 Å². The number of piperidine rings is 1. The van der Waals surface area contributed by atoms with Gasteiger partial charge in [-0.05, 0) is 44.1 Å². The average Bonchev–Trinajstić information content (AvgIpc) is 2.38. The molecule has 0 atom stereocenters. The van der Waals surface area contributed by atoms with Crippen molar-refractivity contribution in [2.45, 2.75) is 17.6 Å². The summed E-state index contributed by atoms with van der Waals surface area (Å²) in [6, 6.07) is 6.67. The molecule has 21 heavy (non-hydrogen) atoms. The molecule has 2 rings (SSSR count). The van der Waals surface area contributed by atoms with Gasteiger partial charge in [0.15, 0.2) is 14.6 Å². The van der Waals surface area contributed by atoms with Crippen molar-refractivity contribution >= 4 is 45.4 Å². The maximum atomic E-state index is 12.5. The van der Waals surface area contributed by atoms with Gasteiger partial charge in [0.05, 0.1) is 0 Å². The Morgan fingerprint density at radius 3 is 2.48 bits per heavy atom. The Kier molecular flexibility index (Phi) is 6.04. The first kappa shape index (κ1) is 18.2. The van der Waals surface area contributed by atoms with Gasteiger partial charge in [0.1, 0.15) is 0 Å². The van der Waals surface area contributed by atoms with Crippen LogP contribution in [0.4, 0.5) is 5.69 Å². The van der Waals surface area contributed by atoms with E-state index in [1.165, 1.54) is 0 Å². The summed E-state index contributed by atoms with van der Waals surface area (Å²) in [5.41, 5.74) is 0.504. The predicted molar refractivity (Wildman–Crippen MR) is 87.0 cm³/mol. The van der Waals surface area contributed by atoms with Crippen LogP contribution in [0.15, 0.2) is 24.3 Å². The number of hydrogen-bond acceptors (Lipinski definition) is 4. The SMILES string of the molecule is CS(=O)(=O)C1(C(=O)Nc2cccc(Cl)c2)CCNCC1.Cl. The molecule has 5 nitrogen and oxygen atoms in total. The molecule has 8 heteroatoms. The summed E-state index contributed by atoms with van der Waals surface area (Å²) in [4.78, 5) is 12.5. The summed E-state index contributed by atoms with van der Waals surface area (Å²) >= 11 is 5.86. The molecule has 2 N–H and O–H groups in total. The highest BCUT2D eigenvalue weighted by molar-refractivity contribution is 7.92. The van der Waals surface area contributed by atoms with E-state index in [9.17, 15) is 13.2 Å². The van der Waals surface area contributed by atoms with Crippen molar-refractivity contribution < 1.29 is 13.2 Å². The summed E-state index contributed by atoms with van der Waals surface area (Å²) in [6.07, 6.45) is 1.67. The van der Waals surface area contributed by atoms with E-state index in [2.05, 4.69) is 10.6 Å². The maximum absolute atomic E-state index is 12.5. The zero-order chi connectivity index (χ0) is 14.8. The van der Waals surface area contributed by atoms with Gasteiger partial charge in [-0.3, -0.25) is 4.79 Å². The van der Waals surface area contributed by atoms with Crippen LogP contribution < -0.4 is 10.6 Å². The third-order valence-corrected chi connectivity index (χ3v) is 5.87. The van der Waals surface area contributed by atoms with Crippen molar-refractivity contribution in [3.05, 3.63) is 29.3 Å². The average molecular weight is 353 g/mol. The number of amides is 1. The van der Waals surface area contributed by atoms with Crippen LogP contribution >= 0.6 is 24.0 Å². The monoisotopic (exact) mass is 352 g/mol. The second-order valence-corrected chi connectivity index (χ2v) is 7.74. The normalized spacial score (nSPS) is 17.6. The van der Waals surface area contributed by atoms with Crippen molar-refractivity contribution in [3.8, 4) is 0 Å². The molecule has 1 aliphatic heterocycles. The van der Waals surface area contributed by atoms with Crippen molar-refractivity contribution in [2.24, 2.45) is 0 Å². The minimum atomic E-state index is -3.50. The number of nitrogens with one attached hydrogen (secondary N) is 2. The number of anilines is 1. The topological polar surface area (TPSA) is 75.3 Å². The smallest absolute Gasteiger partial charge is 0.245 e. The lowest BCUT2D eigenvalue weighted by Gasteiger charge is -2.34. The Bertz CT molecular complexity index is 614. The van der Waals surface area contributed by atoms with Crippen LogP contribution in [0, 0.1) is 0 Å². The van der Waals surface area contributed by atoms with Crippen LogP contribution in [0.25, 0.3) is 0 Å². The molecule has 0 aromatic heterocycles. The first-order chi connectivity index (χ1) is 9.35. The van der Waals surface area contributed by atoms with Crippen molar-refractivity contribution in [2.75, 3.05) is 24.7 Å². The van der Waals surface area contributed by atoms with Gasteiger partial charge in [-0.15, -0.1) is 12.4 Å². The summed E-state index contributed by atoms with van der Waals surface area (Å²) < 4.78 is 22.8. The van der Waals surface area contributed by atoms with Crippen molar-refractivity contribution in [1.29, 1.82) is 0 Å². The molecule has 0 unspecified atom stereocenters. The molecule has 118 valence electrons. The molecule has 1 saturated heterocycles. The van der Waals surface area contributed by atoms with E-state index in [1.807, 2.05) is 0 Å². The molecule has 0 saturated carbocycles. The fourth-order valence-corrected chi connectivity index (χ4v) is 3.93. The highest BCUT2D eigenvalue weighted by atomic mass is 35.5. The van der Waals surface area contributed by atoms with E-state index in [1.54, 1.807) is 24.3 Å². The first-order valence-corrected chi connectivity index (χ1v) is 8.59. The standard InChI is InChI=1S/C13H17ClN2O3S.ClH/c1-20(18,19)13(5-7-15-8-6-13)12(17)16-11-4-2-3-10(14)9-11;/h2-4,9,15H,5-8H2,1H3,(H,16,17);1H. The van der Waals surface area contributed by atoms with E-state index in [4.69, 9.17) is 11.6 Å². The van der Waals surface area contributed by atoms with E-state index in [0.29, 0.717) is 23.8 Å². The fraction of sp³-hybridized carbons (Fsp3) is 0.462. The highest BCUT2D eigenvalue weighted by Crippen LogP contribution is 2.29. The number of rotatable bonds is 3. The number of benzene rings is 1. The number of carbonyl (C=O) groups is 1. The lowest BCUT2D eigenvalue weighted by molar-refractivity contribution is -0.119. The predicted octanol–water partition coefficient (Wildman–Crippen LogP) is 1.87. The van der Waals surface area contributed by atoms with Crippen LogP contribution in [-0.4, -0.2) is 38.4 Å². The second-order valence-electron chi connectivity index (χ2n) is 4.98. The zero-order valence-electron chi connectivity index (χ0n) is 11.6. The van der Waals surface area contributed by atoms with Crippen LogP contribution in [-0.2, 0) is 14.6 Å². The minimum absolute atomic E-state index is 0. The summed E-state index contributed by atoms with van der Waals surface area (Å²) in [7, 11) is -3.50. The zero-order valence-corrected chi connectivity index (χ0v) is 13.9. The van der Waals surface area contributed by atoms with Gasteiger partial charge in [-0.25, -0.2) is 8.42 Å². The first-order valence-electron chi connectivity index (χ1n) is 6.32. The molecule has 0 spiro atoms. The van der Waals surface area contributed by atoms with E-state index in [-0.39, 0.29) is 25.2 Å². The third kappa shape index (κ3) is 3.88. The molecule has 1 heterocycles. The Morgan fingerprint density at radius 1 is 1.33 bits per heavy atom. The lowest BCUT2D eigenvalue weighted by Crippen LogP contribution is -2.55. The molecule has 0 aliphatic carbocycles. The lowest BCUT2D eigenvalue weighted by atomic mass is 9.95. The maximum Gasteiger partial charge on any atom is 0.245 e. The number of sulfone groups is 1. The second kappa shape index (κ2) is 6.96. The number of hydrogen-bond donors (Lipinski definition) is 2. The number of carbonyl (C=O) groups excluding carboxylic acids is 1. The van der Waals surface area contributed by atoms with E-state index < -0.39 is 20.5 Å². The Morgan fingerprint density at radius 2 is 1.95 bits per heavy atom. The third-order valence-electron chi connectivity index (χ3n) is 3.62. The fourth-order valence-electron chi connectivity index (χ4n) is 2.41. The molecular weight excluding hydrogens is 335 g/mol. The van der Waals surface area contributed by atoms with Gasteiger partial charge in [0.25, 0.3) is 0 Å². The molecule has 1 aromatic rings. The summed E-state index contributed by atoms with van der Waals surface area (Å²) in [5.74, 6) is -0.483. The Labute approximate surface area is 135 Å². The van der Waals surface area contributed by atoms with Crippen molar-refractivity contribution in [3.63, 3.8) is 0 Å². The summed E-state index contributed by atoms with van der Waals surface area (Å²) in [5, 5.41) is 6.23. The molecule has 1 aliphatic rings. The van der Waals surface area contributed by atoms with Gasteiger partial charge in [-0.1, -0.05) is 17.7 Å². The van der Waals surface area contributed by atoms with Gasteiger partial charge in [0.2, 0.25) is 5.91 Å². The van der Waals surface area contributed by atoms with Gasteiger partial charge in [-0.2, -0.15) is 0 Å². The Hall–Kier alpha value is -0.820. The van der Waals surface area contributed by atoms with Crippen LogP contribution in [0.5, 0.6) is 0 Å². The quantitative estimate of drug-likeness (QED) is 0.870. The Balaban J connectivity index is 0.00000220. The van der Waals surface area contributed by atoms with Crippen LogP contribution in [0.3, 0.4) is 0 Å². The van der Waals surface area contributed by atoms with Gasteiger partial charge < -0.3 is 10.6 Å². The largest absolute Gasteiger partial charge is 0.325 e. The molecule has 0 bridgehead atoms. The number of halogens is 2. The van der Waals surface area contributed by atoms with Crippen LogP contribution in [0.1, 0.15) is 12.8 Å². The molecule has 0 radical (unpaired) electrons. The van der Waals surface area contributed by atoms with E-state index in [0.717, 1.165) is 6.26 Å². The molecule has 1 amide bonds.